The molecule has 1 aromatic rings. The maximum Gasteiger partial charge on any atom is 0.194 e. The van der Waals surface area contributed by atoms with Crippen molar-refractivity contribution in [2.75, 3.05) is 0 Å². The van der Waals surface area contributed by atoms with Crippen LogP contribution in [0.1, 0.15) is 17.5 Å². The van der Waals surface area contributed by atoms with E-state index < -0.39 is 0 Å². The van der Waals surface area contributed by atoms with Crippen LogP contribution in [0.4, 0.5) is 0 Å². The fourth-order valence-electron chi connectivity index (χ4n) is 0.458. The lowest BCUT2D eigenvalue weighted by Gasteiger charge is -1.80. The number of nitrogens with one attached hydrogen (secondary N) is 1. The Balaban J connectivity index is 0.000000640. The van der Waals surface area contributed by atoms with E-state index >= 15 is 0 Å². The highest BCUT2D eigenvalue weighted by molar-refractivity contribution is 5.90. The van der Waals surface area contributed by atoms with Crippen LogP contribution in [0.25, 0.3) is 0 Å². The first-order valence-corrected chi connectivity index (χ1v) is 2.31. The molecule has 4 nitrogen and oxygen atoms in total. The predicted molar refractivity (Wildman–Crippen MR) is 33.6 cm³/mol. The molecule has 50 valence electrons. The summed E-state index contributed by atoms with van der Waals surface area (Å²) in [6.45, 7) is 1.47. The van der Waals surface area contributed by atoms with Crippen LogP contribution >= 0.6 is 0 Å². The molecule has 0 saturated carbocycles. The Bertz CT molecular complexity index is 180. The summed E-state index contributed by atoms with van der Waals surface area (Å²) >= 11 is 0. The second kappa shape index (κ2) is 2.99. The highest BCUT2D eigenvalue weighted by Crippen LogP contribution is 1.86. The van der Waals surface area contributed by atoms with Gasteiger partial charge in [0, 0.05) is 19.3 Å². The standard InChI is InChI=1S/C5H6N2O.H3N/c1-4(8)5-6-2-3-7-5;/h2-3H,1H3,(H,6,7);1H3. The Hall–Kier alpha value is -1.16. The van der Waals surface area contributed by atoms with Crippen molar-refractivity contribution in [3.05, 3.63) is 18.2 Å². The van der Waals surface area contributed by atoms with Gasteiger partial charge in [-0.2, -0.15) is 0 Å². The van der Waals surface area contributed by atoms with Gasteiger partial charge in [0.1, 0.15) is 0 Å². The van der Waals surface area contributed by atoms with Crippen LogP contribution in [0.15, 0.2) is 12.4 Å². The number of hydrogen-bond acceptors (Lipinski definition) is 3. The van der Waals surface area contributed by atoms with E-state index in [1.807, 2.05) is 0 Å². The zero-order chi connectivity index (χ0) is 5.98. The van der Waals surface area contributed by atoms with E-state index in [4.69, 9.17) is 0 Å². The molecule has 0 aromatic carbocycles. The Morgan fingerprint density at radius 1 is 1.78 bits per heavy atom. The van der Waals surface area contributed by atoms with Gasteiger partial charge < -0.3 is 11.1 Å². The molecule has 0 spiro atoms. The average Bonchev–Trinajstić information content (AvgIpc) is 2.12. The van der Waals surface area contributed by atoms with Crippen molar-refractivity contribution in [2.45, 2.75) is 6.92 Å². The number of carbonyl (C=O) groups is 1. The molecule has 4 N–H and O–H groups in total. The molecule has 0 aliphatic rings. The summed E-state index contributed by atoms with van der Waals surface area (Å²) in [6.07, 6.45) is 3.17. The van der Waals surface area contributed by atoms with E-state index in [2.05, 4.69) is 9.97 Å². The summed E-state index contributed by atoms with van der Waals surface area (Å²) in [7, 11) is 0. The zero-order valence-electron chi connectivity index (χ0n) is 5.22. The lowest BCUT2D eigenvalue weighted by atomic mass is 10.4. The predicted octanol–water partition coefficient (Wildman–Crippen LogP) is 0.774. The molecule has 1 heterocycles. The van der Waals surface area contributed by atoms with Gasteiger partial charge in [-0.3, -0.25) is 4.79 Å². The molecular weight excluding hydrogens is 118 g/mol. The Kier molecular flexibility index (Phi) is 2.60. The maximum atomic E-state index is 10.4. The van der Waals surface area contributed by atoms with Gasteiger partial charge in [-0.25, -0.2) is 4.98 Å². The fourth-order valence-corrected chi connectivity index (χ4v) is 0.458. The summed E-state index contributed by atoms with van der Waals surface area (Å²) < 4.78 is 0. The number of rotatable bonds is 1. The number of aromatic amines is 1. The number of aromatic nitrogens is 2. The minimum atomic E-state index is -0.0324. The van der Waals surface area contributed by atoms with Crippen molar-refractivity contribution in [3.8, 4) is 0 Å². The molecule has 4 heteroatoms. The average molecular weight is 127 g/mol. The molecule has 1 rings (SSSR count). The summed E-state index contributed by atoms with van der Waals surface area (Å²) in [6, 6.07) is 0. The lowest BCUT2D eigenvalue weighted by molar-refractivity contribution is 0.100. The number of H-pyrrole nitrogens is 1. The molecule has 0 aliphatic heterocycles. The van der Waals surface area contributed by atoms with Crippen molar-refractivity contribution in [1.82, 2.24) is 16.1 Å². The summed E-state index contributed by atoms with van der Waals surface area (Å²) in [5.41, 5.74) is 0. The van der Waals surface area contributed by atoms with Crippen LogP contribution in [-0.2, 0) is 0 Å². The van der Waals surface area contributed by atoms with Gasteiger partial charge >= 0.3 is 0 Å². The number of ketones is 1. The Labute approximate surface area is 52.9 Å². The minimum absolute atomic E-state index is 0. The molecule has 9 heavy (non-hydrogen) atoms. The van der Waals surface area contributed by atoms with E-state index in [1.54, 1.807) is 12.4 Å². The number of imidazole rings is 1. The smallest absolute Gasteiger partial charge is 0.194 e. The molecule has 0 saturated heterocycles. The van der Waals surface area contributed by atoms with Gasteiger partial charge in [-0.15, -0.1) is 0 Å². The monoisotopic (exact) mass is 127 g/mol. The SMILES string of the molecule is CC(=O)c1ncc[nH]1.N. The van der Waals surface area contributed by atoms with E-state index in [1.165, 1.54) is 6.92 Å². The molecule has 0 fully saturated rings. The van der Waals surface area contributed by atoms with Crippen molar-refractivity contribution in [3.63, 3.8) is 0 Å². The lowest BCUT2D eigenvalue weighted by Crippen LogP contribution is -1.92. The van der Waals surface area contributed by atoms with E-state index in [-0.39, 0.29) is 11.9 Å². The first kappa shape index (κ1) is 7.84. The number of nitrogens with zero attached hydrogens (tertiary/aromatic N) is 1. The highest BCUT2D eigenvalue weighted by Gasteiger charge is 1.96. The van der Waals surface area contributed by atoms with Gasteiger partial charge in [-0.1, -0.05) is 0 Å². The second-order valence-corrected chi connectivity index (χ2v) is 1.49. The molecule has 1 aromatic heterocycles. The topological polar surface area (TPSA) is 80.8 Å². The van der Waals surface area contributed by atoms with Crippen LogP contribution in [0, 0.1) is 0 Å². The molecule has 0 unspecified atom stereocenters. The van der Waals surface area contributed by atoms with Crippen LogP contribution in [0.2, 0.25) is 0 Å². The van der Waals surface area contributed by atoms with Gasteiger partial charge in [0.2, 0.25) is 0 Å². The Morgan fingerprint density at radius 3 is 2.67 bits per heavy atom. The van der Waals surface area contributed by atoms with Crippen molar-refractivity contribution in [1.29, 1.82) is 0 Å². The molecule has 0 radical (unpaired) electrons. The first-order chi connectivity index (χ1) is 3.80. The van der Waals surface area contributed by atoms with E-state index in [0.717, 1.165) is 0 Å². The van der Waals surface area contributed by atoms with Crippen molar-refractivity contribution in [2.24, 2.45) is 0 Å². The normalized spacial score (nSPS) is 8.11. The Morgan fingerprint density at radius 2 is 2.44 bits per heavy atom. The number of hydrogen-bond donors (Lipinski definition) is 2. The van der Waals surface area contributed by atoms with Crippen LogP contribution in [0.5, 0.6) is 0 Å². The van der Waals surface area contributed by atoms with Gasteiger partial charge in [0.15, 0.2) is 11.6 Å². The summed E-state index contributed by atoms with van der Waals surface area (Å²) in [5, 5.41) is 0. The van der Waals surface area contributed by atoms with Gasteiger partial charge in [0.25, 0.3) is 0 Å². The first-order valence-electron chi connectivity index (χ1n) is 2.31. The van der Waals surface area contributed by atoms with Gasteiger partial charge in [0.05, 0.1) is 0 Å². The third-order valence-corrected chi connectivity index (χ3v) is 0.832. The van der Waals surface area contributed by atoms with Crippen molar-refractivity contribution >= 4 is 5.78 Å². The fraction of sp³-hybridized carbons (Fsp3) is 0.200. The summed E-state index contributed by atoms with van der Waals surface area (Å²) in [4.78, 5) is 16.8. The van der Waals surface area contributed by atoms with Crippen molar-refractivity contribution < 1.29 is 4.79 Å². The van der Waals surface area contributed by atoms with E-state index in [0.29, 0.717) is 5.82 Å². The van der Waals surface area contributed by atoms with E-state index in [9.17, 15) is 4.79 Å². The third kappa shape index (κ3) is 1.65. The zero-order valence-corrected chi connectivity index (χ0v) is 5.22. The third-order valence-electron chi connectivity index (χ3n) is 0.832. The minimum Gasteiger partial charge on any atom is -0.344 e. The number of carbonyl (C=O) groups excluding carboxylic acids is 1. The van der Waals surface area contributed by atoms with Gasteiger partial charge in [-0.05, 0) is 0 Å². The molecule has 0 amide bonds. The highest BCUT2D eigenvalue weighted by atomic mass is 16.1. The summed E-state index contributed by atoms with van der Waals surface area (Å²) in [5.74, 6) is 0.389. The van der Waals surface area contributed by atoms with Crippen LogP contribution in [-0.4, -0.2) is 15.8 Å². The van der Waals surface area contributed by atoms with Crippen LogP contribution < -0.4 is 6.15 Å². The maximum absolute atomic E-state index is 10.4. The largest absolute Gasteiger partial charge is 0.344 e. The molecule has 0 bridgehead atoms. The molecular formula is C5H9N3O. The number of Topliss-reactive ketones (excluding diaryl/α,β-unsaturated/α-hetero) is 1. The second-order valence-electron chi connectivity index (χ2n) is 1.49. The quantitative estimate of drug-likeness (QED) is 0.547. The van der Waals surface area contributed by atoms with Crippen LogP contribution in [0.3, 0.4) is 0 Å². The molecule has 0 atom stereocenters. The molecule has 0 aliphatic carbocycles.